The summed E-state index contributed by atoms with van der Waals surface area (Å²) in [5.41, 5.74) is 0.0719. The monoisotopic (exact) mass is 523 g/mol. The molecule has 4 rings (SSSR count). The minimum atomic E-state index is -4.05. The molecule has 170 valence electrons. The first-order valence-electron chi connectivity index (χ1n) is 9.45. The lowest BCUT2D eigenvalue weighted by Crippen LogP contribution is -2.34. The highest BCUT2D eigenvalue weighted by molar-refractivity contribution is 8.19. The largest absolute Gasteiger partial charge is 0.333 e. The van der Waals surface area contributed by atoms with E-state index in [-0.39, 0.29) is 26.1 Å². The van der Waals surface area contributed by atoms with Crippen molar-refractivity contribution in [3.63, 3.8) is 0 Å². The van der Waals surface area contributed by atoms with Crippen molar-refractivity contribution >= 4 is 67.6 Å². The Bertz CT molecular complexity index is 1540. The van der Waals surface area contributed by atoms with Gasteiger partial charge in [-0.1, -0.05) is 47.6 Å². The van der Waals surface area contributed by atoms with Crippen molar-refractivity contribution in [1.29, 1.82) is 0 Å². The Kier molecular flexibility index (Phi) is 6.53. The van der Waals surface area contributed by atoms with Gasteiger partial charge in [0.2, 0.25) is 5.56 Å². The number of thioether (sulfide) groups is 1. The van der Waals surface area contributed by atoms with Crippen LogP contribution in [0.2, 0.25) is 5.02 Å². The summed E-state index contributed by atoms with van der Waals surface area (Å²) in [6.45, 7) is 0. The van der Waals surface area contributed by atoms with E-state index in [9.17, 15) is 22.8 Å². The first-order valence-corrected chi connectivity index (χ1v) is 12.6. The third-order valence-corrected chi connectivity index (χ3v) is 8.38. The van der Waals surface area contributed by atoms with E-state index >= 15 is 0 Å². The molecule has 2 heterocycles. The Labute approximate surface area is 202 Å². The molecule has 12 heteroatoms. The molecule has 3 aromatic rings. The van der Waals surface area contributed by atoms with Crippen LogP contribution in [0.5, 0.6) is 0 Å². The number of allylic oxidation sites excluding steroid dienone is 1. The Morgan fingerprint density at radius 2 is 1.85 bits per heavy atom. The maximum absolute atomic E-state index is 13.0. The summed E-state index contributed by atoms with van der Waals surface area (Å²) in [6, 6.07) is 11.0. The minimum Gasteiger partial charge on any atom is -0.322 e. The number of carbonyl (C=O) groups excluding carboxylic acids is 1. The molecule has 1 aromatic heterocycles. The molecule has 33 heavy (non-hydrogen) atoms. The number of aromatic amines is 1. The zero-order valence-electron chi connectivity index (χ0n) is 16.6. The van der Waals surface area contributed by atoms with Gasteiger partial charge in [-0.3, -0.25) is 9.59 Å². The van der Waals surface area contributed by atoms with Gasteiger partial charge in [-0.25, -0.2) is 17.9 Å². The highest BCUT2D eigenvalue weighted by atomic mass is 35.5. The lowest BCUT2D eigenvalue weighted by atomic mass is 10.0. The van der Waals surface area contributed by atoms with Crippen molar-refractivity contribution in [3.8, 4) is 11.1 Å². The highest BCUT2D eigenvalue weighted by Gasteiger charge is 2.27. The Balaban J connectivity index is 1.61. The van der Waals surface area contributed by atoms with Gasteiger partial charge >= 0.3 is 6.03 Å². The van der Waals surface area contributed by atoms with Crippen molar-refractivity contribution in [3.05, 3.63) is 84.4 Å². The third-order valence-electron chi connectivity index (χ3n) is 4.67. The first-order chi connectivity index (χ1) is 15.6. The van der Waals surface area contributed by atoms with Crippen LogP contribution in [0.15, 0.2) is 68.4 Å². The predicted molar refractivity (Wildman–Crippen MR) is 132 cm³/mol. The van der Waals surface area contributed by atoms with Crippen molar-refractivity contribution in [2.45, 2.75) is 11.1 Å². The Hall–Kier alpha value is -2.79. The molecule has 0 radical (unpaired) electrons. The minimum absolute atomic E-state index is 0.0246. The average Bonchev–Trinajstić information content (AvgIpc) is 3.14. The van der Waals surface area contributed by atoms with Gasteiger partial charge in [0.05, 0.1) is 15.2 Å². The summed E-state index contributed by atoms with van der Waals surface area (Å²) in [7, 11) is -4.05. The molecule has 0 aliphatic carbocycles. The normalized spacial score (nSPS) is 15.8. The van der Waals surface area contributed by atoms with E-state index in [0.717, 1.165) is 17.8 Å². The van der Waals surface area contributed by atoms with E-state index < -0.39 is 31.8 Å². The summed E-state index contributed by atoms with van der Waals surface area (Å²) in [5.74, 6) is 0. The van der Waals surface area contributed by atoms with Crippen LogP contribution >= 0.6 is 35.0 Å². The van der Waals surface area contributed by atoms with Gasteiger partial charge in [-0.2, -0.15) is 0 Å². The van der Waals surface area contributed by atoms with Crippen LogP contribution in [0.3, 0.4) is 0 Å². The number of halogens is 2. The molecule has 2 amide bonds. The lowest BCUT2D eigenvalue weighted by Gasteiger charge is -2.10. The number of nitrogens with one attached hydrogen (secondary N) is 3. The van der Waals surface area contributed by atoms with Gasteiger partial charge in [0.25, 0.3) is 10.0 Å². The zero-order valence-corrected chi connectivity index (χ0v) is 19.7. The summed E-state index contributed by atoms with van der Waals surface area (Å²) < 4.78 is 26.0. The standard InChI is InChI=1S/C21H15Cl2N3O5S2/c22-15-9-11(24-21(29)26-33(30,31)19-8-7-17(23)32-19)5-6-12(15)14-10-18(27)25-16-4-2-1-3-13(16)20(14)28/h1-6,8-10,17H,7H2,(H,25,27)(H2,24,26,29). The fourth-order valence-corrected chi connectivity index (χ4v) is 6.37. The summed E-state index contributed by atoms with van der Waals surface area (Å²) in [6.07, 6.45) is 1.81. The summed E-state index contributed by atoms with van der Waals surface area (Å²) in [5, 5.41) is 2.79. The predicted octanol–water partition coefficient (Wildman–Crippen LogP) is 4.20. The van der Waals surface area contributed by atoms with Crippen LogP contribution in [-0.4, -0.2) is 24.1 Å². The second kappa shape index (κ2) is 9.22. The fourth-order valence-electron chi connectivity index (χ4n) is 3.23. The molecule has 0 saturated carbocycles. The molecule has 0 saturated heterocycles. The van der Waals surface area contributed by atoms with Gasteiger partial charge < -0.3 is 10.3 Å². The molecular weight excluding hydrogens is 509 g/mol. The molecule has 1 unspecified atom stereocenters. The van der Waals surface area contributed by atoms with E-state index in [1.165, 1.54) is 24.3 Å². The third kappa shape index (κ3) is 5.09. The van der Waals surface area contributed by atoms with Crippen molar-refractivity contribution < 1.29 is 13.2 Å². The Morgan fingerprint density at radius 1 is 1.09 bits per heavy atom. The van der Waals surface area contributed by atoms with Gasteiger partial charge in [0.1, 0.15) is 4.24 Å². The number of urea groups is 1. The summed E-state index contributed by atoms with van der Waals surface area (Å²) in [4.78, 5) is 40.1. The van der Waals surface area contributed by atoms with E-state index in [0.29, 0.717) is 17.3 Å². The number of para-hydroxylation sites is 1. The number of rotatable bonds is 4. The molecule has 1 aliphatic heterocycles. The van der Waals surface area contributed by atoms with E-state index in [4.69, 9.17) is 23.2 Å². The maximum Gasteiger partial charge on any atom is 0.333 e. The summed E-state index contributed by atoms with van der Waals surface area (Å²) >= 11 is 13.2. The van der Waals surface area contributed by atoms with Crippen LogP contribution in [0.4, 0.5) is 10.5 Å². The van der Waals surface area contributed by atoms with Crippen LogP contribution in [0, 0.1) is 0 Å². The van der Waals surface area contributed by atoms with Gasteiger partial charge in [0, 0.05) is 28.3 Å². The van der Waals surface area contributed by atoms with Crippen LogP contribution in [0.25, 0.3) is 22.0 Å². The molecule has 3 N–H and O–H groups in total. The molecule has 0 fully saturated rings. The molecule has 1 atom stereocenters. The number of fused-ring (bicyclic) bond motifs is 1. The quantitative estimate of drug-likeness (QED) is 0.440. The van der Waals surface area contributed by atoms with E-state index in [1.807, 2.05) is 4.72 Å². The first kappa shape index (κ1) is 23.4. The van der Waals surface area contributed by atoms with Gasteiger partial charge in [-0.05, 0) is 30.7 Å². The van der Waals surface area contributed by atoms with Crippen molar-refractivity contribution in [2.24, 2.45) is 0 Å². The van der Waals surface area contributed by atoms with Crippen LogP contribution in [0.1, 0.15) is 6.42 Å². The number of benzene rings is 2. The number of H-pyrrole nitrogens is 1. The highest BCUT2D eigenvalue weighted by Crippen LogP contribution is 2.37. The average molecular weight is 524 g/mol. The number of carbonyl (C=O) groups is 1. The van der Waals surface area contributed by atoms with E-state index in [2.05, 4.69) is 10.3 Å². The number of alkyl halides is 1. The number of hydrogen-bond donors (Lipinski definition) is 3. The van der Waals surface area contributed by atoms with Crippen LogP contribution in [-0.2, 0) is 10.0 Å². The van der Waals surface area contributed by atoms with Crippen molar-refractivity contribution in [2.75, 3.05) is 5.32 Å². The zero-order chi connectivity index (χ0) is 23.8. The number of sulfonamides is 1. The molecule has 2 aromatic carbocycles. The molecule has 0 bridgehead atoms. The molecular formula is C21H15Cl2N3O5S2. The number of aromatic nitrogens is 1. The second-order valence-corrected chi connectivity index (χ2v) is 11.3. The smallest absolute Gasteiger partial charge is 0.322 e. The topological polar surface area (TPSA) is 125 Å². The van der Waals surface area contributed by atoms with E-state index in [1.54, 1.807) is 24.3 Å². The lowest BCUT2D eigenvalue weighted by molar-refractivity contribution is 0.256. The molecule has 1 aliphatic rings. The maximum atomic E-state index is 13.0. The second-order valence-electron chi connectivity index (χ2n) is 6.96. The van der Waals surface area contributed by atoms with Gasteiger partial charge in [-0.15, -0.1) is 11.6 Å². The molecule has 8 nitrogen and oxygen atoms in total. The fraction of sp³-hybridized carbons (Fsp3) is 0.0952. The number of amides is 2. The van der Waals surface area contributed by atoms with Crippen LogP contribution < -0.4 is 21.0 Å². The van der Waals surface area contributed by atoms with Crippen molar-refractivity contribution in [1.82, 2.24) is 9.71 Å². The SMILES string of the molecule is O=C(Nc1ccc(-c2cc(=O)[nH]c3ccccc3c2=O)c(Cl)c1)NS(=O)(=O)C1=CCC(Cl)S1. The molecule has 0 spiro atoms. The number of anilines is 1. The Morgan fingerprint density at radius 3 is 2.55 bits per heavy atom. The van der Waals surface area contributed by atoms with Gasteiger partial charge in [0.15, 0.2) is 5.43 Å². The number of hydrogen-bond acceptors (Lipinski definition) is 6.